The van der Waals surface area contributed by atoms with Crippen LogP contribution in [0.25, 0.3) is 0 Å². The molecule has 112 valence electrons. The number of fused-ring (bicyclic) bond motifs is 2. The molecule has 0 spiro atoms. The number of nitrogens with zero attached hydrogens (tertiary/aromatic N) is 2. The monoisotopic (exact) mass is 290 g/mol. The molecule has 21 heavy (non-hydrogen) atoms. The Labute approximate surface area is 122 Å². The summed E-state index contributed by atoms with van der Waals surface area (Å²) < 4.78 is 0. The molecule has 0 aromatic carbocycles. The molecule has 0 saturated heterocycles. The molecule has 2 saturated carbocycles. The summed E-state index contributed by atoms with van der Waals surface area (Å²) >= 11 is 0. The highest BCUT2D eigenvalue weighted by molar-refractivity contribution is 5.98. The molecule has 7 heteroatoms. The van der Waals surface area contributed by atoms with Crippen molar-refractivity contribution in [2.24, 2.45) is 11.8 Å². The van der Waals surface area contributed by atoms with E-state index in [1.54, 1.807) is 7.05 Å². The zero-order valence-electron chi connectivity index (χ0n) is 11.8. The van der Waals surface area contributed by atoms with Crippen LogP contribution in [-0.2, 0) is 0 Å². The summed E-state index contributed by atoms with van der Waals surface area (Å²) in [6.45, 7) is 0. The highest BCUT2D eigenvalue weighted by atomic mass is 16.6. The number of hydrogen-bond acceptors (Lipinski definition) is 5. The van der Waals surface area contributed by atoms with Gasteiger partial charge in [-0.1, -0.05) is 6.42 Å². The van der Waals surface area contributed by atoms with E-state index in [-0.39, 0.29) is 23.2 Å². The number of aromatic nitrogens is 1. The largest absolute Gasteiger partial charge is 0.373 e. The van der Waals surface area contributed by atoms with Crippen LogP contribution in [0.2, 0.25) is 0 Å². The first-order chi connectivity index (χ1) is 10.1. The van der Waals surface area contributed by atoms with Crippen LogP contribution in [0.5, 0.6) is 0 Å². The predicted octanol–water partition coefficient (Wildman–Crippen LogP) is 1.95. The first kappa shape index (κ1) is 13.8. The molecule has 7 nitrogen and oxygen atoms in total. The maximum absolute atomic E-state index is 12.4. The van der Waals surface area contributed by atoms with Crippen LogP contribution in [0.3, 0.4) is 0 Å². The van der Waals surface area contributed by atoms with E-state index in [4.69, 9.17) is 0 Å². The van der Waals surface area contributed by atoms with E-state index < -0.39 is 4.92 Å². The third-order valence-corrected chi connectivity index (χ3v) is 4.63. The van der Waals surface area contributed by atoms with Gasteiger partial charge in [0, 0.05) is 19.2 Å². The minimum atomic E-state index is -0.567. The van der Waals surface area contributed by atoms with Gasteiger partial charge < -0.3 is 10.6 Å². The van der Waals surface area contributed by atoms with Gasteiger partial charge in [-0.05, 0) is 31.1 Å². The number of nitrogens with one attached hydrogen (secondary N) is 2. The number of anilines is 1. The van der Waals surface area contributed by atoms with Crippen LogP contribution in [0.1, 0.15) is 36.0 Å². The minimum Gasteiger partial charge on any atom is -0.373 e. The van der Waals surface area contributed by atoms with Crippen molar-refractivity contribution >= 4 is 17.4 Å². The van der Waals surface area contributed by atoms with Gasteiger partial charge in [0.15, 0.2) is 0 Å². The van der Waals surface area contributed by atoms with Crippen molar-refractivity contribution in [1.29, 1.82) is 0 Å². The predicted molar refractivity (Wildman–Crippen MR) is 77.1 cm³/mol. The van der Waals surface area contributed by atoms with Gasteiger partial charge in [0.2, 0.25) is 0 Å². The Bertz CT molecular complexity index is 590. The average Bonchev–Trinajstić information content (AvgIpc) is 3.09. The van der Waals surface area contributed by atoms with E-state index in [1.165, 1.54) is 18.9 Å². The maximum atomic E-state index is 12.4. The fourth-order valence-corrected chi connectivity index (χ4v) is 3.58. The smallest absolute Gasteiger partial charge is 0.300 e. The SMILES string of the molecule is CNc1cc(C(=O)NC2CC3CCC2C3)c([N+](=O)[O-])cn1. The number of amides is 1. The molecule has 3 unspecified atom stereocenters. The molecule has 2 bridgehead atoms. The van der Waals surface area contributed by atoms with Crippen molar-refractivity contribution in [2.75, 3.05) is 12.4 Å². The van der Waals surface area contributed by atoms with Gasteiger partial charge >= 0.3 is 0 Å². The number of hydrogen-bond donors (Lipinski definition) is 2. The Balaban J connectivity index is 1.81. The van der Waals surface area contributed by atoms with Gasteiger partial charge in [0.1, 0.15) is 17.6 Å². The van der Waals surface area contributed by atoms with Crippen molar-refractivity contribution < 1.29 is 9.72 Å². The third kappa shape index (κ3) is 2.55. The molecule has 1 aromatic heterocycles. The Kier molecular flexibility index (Phi) is 3.48. The summed E-state index contributed by atoms with van der Waals surface area (Å²) in [6.07, 6.45) is 5.69. The van der Waals surface area contributed by atoms with E-state index in [1.807, 2.05) is 0 Å². The van der Waals surface area contributed by atoms with E-state index in [0.717, 1.165) is 19.0 Å². The molecule has 2 fully saturated rings. The van der Waals surface area contributed by atoms with Gasteiger partial charge in [0.05, 0.1) is 4.92 Å². The van der Waals surface area contributed by atoms with Crippen LogP contribution in [0, 0.1) is 22.0 Å². The Morgan fingerprint density at radius 1 is 1.43 bits per heavy atom. The zero-order valence-corrected chi connectivity index (χ0v) is 11.8. The molecule has 2 aliphatic carbocycles. The topological polar surface area (TPSA) is 97.2 Å². The van der Waals surface area contributed by atoms with Crippen molar-refractivity contribution in [2.45, 2.75) is 31.7 Å². The summed E-state index contributed by atoms with van der Waals surface area (Å²) in [5.74, 6) is 1.31. The van der Waals surface area contributed by atoms with Crippen LogP contribution in [0.15, 0.2) is 12.3 Å². The number of rotatable bonds is 4. The standard InChI is InChI=1S/C14H18N4O3/c1-15-13-6-10(12(7-16-13)18(20)21)14(19)17-11-5-8-2-3-9(11)4-8/h6-9,11H,2-5H2,1H3,(H,15,16)(H,17,19). The Morgan fingerprint density at radius 3 is 2.81 bits per heavy atom. The first-order valence-corrected chi connectivity index (χ1v) is 7.21. The van der Waals surface area contributed by atoms with E-state index in [2.05, 4.69) is 15.6 Å². The molecular formula is C14H18N4O3. The van der Waals surface area contributed by atoms with Gasteiger partial charge in [-0.15, -0.1) is 0 Å². The summed E-state index contributed by atoms with van der Waals surface area (Å²) in [4.78, 5) is 26.8. The molecule has 0 aliphatic heterocycles. The number of carbonyl (C=O) groups excluding carboxylic acids is 1. The number of nitro groups is 1. The zero-order chi connectivity index (χ0) is 15.0. The highest BCUT2D eigenvalue weighted by Gasteiger charge is 2.40. The molecule has 1 amide bonds. The fourth-order valence-electron chi connectivity index (χ4n) is 3.58. The van der Waals surface area contributed by atoms with Crippen molar-refractivity contribution in [3.63, 3.8) is 0 Å². The lowest BCUT2D eigenvalue weighted by atomic mass is 9.95. The second-order valence-corrected chi connectivity index (χ2v) is 5.85. The molecule has 1 aromatic rings. The molecule has 2 aliphatic rings. The van der Waals surface area contributed by atoms with Crippen LogP contribution in [-0.4, -0.2) is 28.9 Å². The maximum Gasteiger partial charge on any atom is 0.300 e. The van der Waals surface area contributed by atoms with Crippen LogP contribution >= 0.6 is 0 Å². The molecule has 0 radical (unpaired) electrons. The lowest BCUT2D eigenvalue weighted by molar-refractivity contribution is -0.385. The second-order valence-electron chi connectivity index (χ2n) is 5.85. The lowest BCUT2D eigenvalue weighted by Gasteiger charge is -2.22. The quantitative estimate of drug-likeness (QED) is 0.652. The van der Waals surface area contributed by atoms with Crippen molar-refractivity contribution in [3.05, 3.63) is 27.9 Å². The van der Waals surface area contributed by atoms with Crippen molar-refractivity contribution in [1.82, 2.24) is 10.3 Å². The highest BCUT2D eigenvalue weighted by Crippen LogP contribution is 2.44. The molecule has 3 rings (SSSR count). The summed E-state index contributed by atoms with van der Waals surface area (Å²) in [5, 5.41) is 16.8. The Morgan fingerprint density at radius 2 is 2.24 bits per heavy atom. The summed E-state index contributed by atoms with van der Waals surface area (Å²) in [7, 11) is 1.66. The number of pyridine rings is 1. The third-order valence-electron chi connectivity index (χ3n) is 4.63. The van der Waals surface area contributed by atoms with E-state index in [9.17, 15) is 14.9 Å². The average molecular weight is 290 g/mol. The normalized spacial score (nSPS) is 26.6. The molecule has 1 heterocycles. The van der Waals surface area contributed by atoms with Crippen molar-refractivity contribution in [3.8, 4) is 0 Å². The fraction of sp³-hybridized carbons (Fsp3) is 0.571. The Hall–Kier alpha value is -2.18. The van der Waals surface area contributed by atoms with Gasteiger partial charge in [-0.2, -0.15) is 0 Å². The second kappa shape index (κ2) is 5.31. The molecular weight excluding hydrogens is 272 g/mol. The minimum absolute atomic E-state index is 0.0714. The summed E-state index contributed by atoms with van der Waals surface area (Å²) in [6, 6.07) is 1.59. The van der Waals surface area contributed by atoms with Gasteiger partial charge in [0.25, 0.3) is 11.6 Å². The van der Waals surface area contributed by atoms with E-state index >= 15 is 0 Å². The van der Waals surface area contributed by atoms with Crippen LogP contribution < -0.4 is 10.6 Å². The van der Waals surface area contributed by atoms with E-state index in [0.29, 0.717) is 17.7 Å². The molecule has 2 N–H and O–H groups in total. The van der Waals surface area contributed by atoms with Gasteiger partial charge in [-0.3, -0.25) is 14.9 Å². The molecule has 3 atom stereocenters. The summed E-state index contributed by atoms with van der Waals surface area (Å²) in [5.41, 5.74) is -0.184. The van der Waals surface area contributed by atoms with Crippen LogP contribution in [0.4, 0.5) is 11.5 Å². The lowest BCUT2D eigenvalue weighted by Crippen LogP contribution is -2.38. The first-order valence-electron chi connectivity index (χ1n) is 7.21. The van der Waals surface area contributed by atoms with Gasteiger partial charge in [-0.25, -0.2) is 4.98 Å². The number of carbonyl (C=O) groups is 1.